The number of nitrogens with one attached hydrogen (secondary N) is 1. The average Bonchev–Trinajstić information content (AvgIpc) is 0.829. The molecule has 95 heavy (non-hydrogen) atoms. The maximum absolute atomic E-state index is 13.5. The normalized spacial score (nSPS) is 18.1. The second-order valence-corrected chi connectivity index (χ2v) is 28.1. The number of hydrogen-bond acceptors (Lipinski definition) is 10. The molecule has 0 aliphatic carbocycles. The van der Waals surface area contributed by atoms with Crippen molar-refractivity contribution >= 4 is 11.9 Å². The number of allylic oxidation sites excluding steroid dienone is 11. The van der Waals surface area contributed by atoms with Crippen LogP contribution in [0.4, 0.5) is 0 Å². The molecule has 0 spiro atoms. The topological polar surface area (TPSA) is 175 Å². The SMILES string of the molecule is CCCCC/C=C\C/C=C\C/C=C\C/C=C\CCCCCCCCCCCCC(O)C(=O)NC(COC1OC(CO)C(O)C(O)C1OC(=O)CCCCCCCCCCCCCCCCCCC/C=C/CCCCCCCC)C(O)/C=C/CCCCCCCCCCCCC. The number of esters is 1. The Bertz CT molecular complexity index is 1830. The molecule has 6 N–H and O–H groups in total. The van der Waals surface area contributed by atoms with Gasteiger partial charge < -0.3 is 45.1 Å². The van der Waals surface area contributed by atoms with E-state index >= 15 is 0 Å². The lowest BCUT2D eigenvalue weighted by molar-refractivity contribution is -0.305. The minimum Gasteiger partial charge on any atom is -0.454 e. The predicted octanol–water partition coefficient (Wildman–Crippen LogP) is 22.2. The first-order chi connectivity index (χ1) is 46.7. The van der Waals surface area contributed by atoms with Crippen LogP contribution in [0, 0.1) is 0 Å². The number of hydrogen-bond donors (Lipinski definition) is 6. The third-order valence-electron chi connectivity index (χ3n) is 19.1. The Labute approximate surface area is 585 Å². The number of ether oxygens (including phenoxy) is 3. The molecule has 11 nitrogen and oxygen atoms in total. The van der Waals surface area contributed by atoms with Crippen LogP contribution in [0.3, 0.4) is 0 Å². The van der Waals surface area contributed by atoms with E-state index in [-0.39, 0.29) is 19.4 Å². The highest BCUT2D eigenvalue weighted by Gasteiger charge is 2.47. The van der Waals surface area contributed by atoms with E-state index in [0.29, 0.717) is 12.8 Å². The Morgan fingerprint density at radius 3 is 1.12 bits per heavy atom. The summed E-state index contributed by atoms with van der Waals surface area (Å²) in [5.41, 5.74) is 0. The van der Waals surface area contributed by atoms with Gasteiger partial charge in [0.2, 0.25) is 5.91 Å². The molecule has 1 fully saturated rings. The Hall–Kier alpha value is -2.90. The monoisotopic (exact) mass is 1340 g/mol. The molecule has 8 unspecified atom stereocenters. The number of unbranched alkanes of at least 4 members (excludes halogenated alkanes) is 47. The first-order valence-corrected chi connectivity index (χ1v) is 40.7. The van der Waals surface area contributed by atoms with Crippen molar-refractivity contribution in [2.24, 2.45) is 0 Å². The van der Waals surface area contributed by atoms with Crippen molar-refractivity contribution in [1.29, 1.82) is 0 Å². The molecule has 8 atom stereocenters. The molecule has 0 aromatic heterocycles. The summed E-state index contributed by atoms with van der Waals surface area (Å²) in [6, 6.07) is -1.03. The summed E-state index contributed by atoms with van der Waals surface area (Å²) < 4.78 is 17.8. The molecule has 554 valence electrons. The zero-order chi connectivity index (χ0) is 68.8. The van der Waals surface area contributed by atoms with E-state index in [9.17, 15) is 35.1 Å². The molecule has 0 bridgehead atoms. The number of aliphatic hydroxyl groups is 5. The zero-order valence-corrected chi connectivity index (χ0v) is 62.0. The largest absolute Gasteiger partial charge is 0.454 e. The van der Waals surface area contributed by atoms with Crippen molar-refractivity contribution in [1.82, 2.24) is 5.32 Å². The van der Waals surface area contributed by atoms with Crippen molar-refractivity contribution in [2.75, 3.05) is 13.2 Å². The van der Waals surface area contributed by atoms with Crippen LogP contribution in [0.1, 0.15) is 387 Å². The Kier molecular flexibility index (Phi) is 67.3. The Morgan fingerprint density at radius 2 is 0.726 bits per heavy atom. The standard InChI is InChI=1S/C84H153NO10/c1-4-7-10-13-16-19-22-25-27-29-31-33-35-37-39-41-43-45-47-49-51-54-57-60-63-66-69-72-79(89)95-82-81(91)80(90)78(73-86)94-84(82)93-74-75(76(87)70-67-64-61-58-55-52-24-21-18-15-12-9-6-3)85-83(92)77(88)71-68-65-62-59-56-53-50-48-46-44-42-40-38-36-34-32-30-28-26-23-20-17-14-11-8-5-2/h17,20,25-28,32,34,38,40,67,70,75-78,80-82,84,86-88,90-91H,4-16,18-19,21-24,29-31,33,35-37,39,41-66,68-69,71-74H2,1-3H3,(H,85,92)/b20-17-,27-25+,28-26-,34-32-,40-38-,70-67+. The molecular formula is C84H153NO10. The molecule has 0 saturated carbocycles. The maximum Gasteiger partial charge on any atom is 0.306 e. The van der Waals surface area contributed by atoms with Gasteiger partial charge in [-0.25, -0.2) is 0 Å². The van der Waals surface area contributed by atoms with Crippen LogP contribution in [-0.2, 0) is 23.8 Å². The Morgan fingerprint density at radius 1 is 0.411 bits per heavy atom. The lowest BCUT2D eigenvalue weighted by atomic mass is 9.99. The second kappa shape index (κ2) is 70.9. The van der Waals surface area contributed by atoms with Crippen LogP contribution < -0.4 is 5.32 Å². The quantitative estimate of drug-likeness (QED) is 0.0195. The van der Waals surface area contributed by atoms with Gasteiger partial charge in [0.25, 0.3) is 0 Å². The van der Waals surface area contributed by atoms with Crippen molar-refractivity contribution in [3.05, 3.63) is 72.9 Å². The molecule has 0 radical (unpaired) electrons. The van der Waals surface area contributed by atoms with Gasteiger partial charge >= 0.3 is 5.97 Å². The molecule has 11 heteroatoms. The minimum absolute atomic E-state index is 0.125. The fourth-order valence-electron chi connectivity index (χ4n) is 12.7. The number of rotatable bonds is 71. The van der Waals surface area contributed by atoms with Crippen LogP contribution in [0.15, 0.2) is 72.9 Å². The highest BCUT2D eigenvalue weighted by atomic mass is 16.7. The summed E-state index contributed by atoms with van der Waals surface area (Å²) in [5, 5.41) is 57.5. The highest BCUT2D eigenvalue weighted by Crippen LogP contribution is 2.27. The van der Waals surface area contributed by atoms with Crippen LogP contribution >= 0.6 is 0 Å². The number of amides is 1. The summed E-state index contributed by atoms with van der Waals surface area (Å²) in [4.78, 5) is 26.8. The Balaban J connectivity index is 2.50. The van der Waals surface area contributed by atoms with Crippen LogP contribution in [-0.4, -0.2) is 99.6 Å². The molecule has 1 aliphatic rings. The van der Waals surface area contributed by atoms with Crippen LogP contribution in [0.5, 0.6) is 0 Å². The van der Waals surface area contributed by atoms with Gasteiger partial charge in [0.15, 0.2) is 12.4 Å². The molecule has 1 saturated heterocycles. The average molecular weight is 1340 g/mol. The summed E-state index contributed by atoms with van der Waals surface area (Å²) >= 11 is 0. The van der Waals surface area contributed by atoms with Gasteiger partial charge in [0, 0.05) is 6.42 Å². The third kappa shape index (κ3) is 57.6. The molecule has 1 amide bonds. The third-order valence-corrected chi connectivity index (χ3v) is 19.1. The van der Waals surface area contributed by atoms with Gasteiger partial charge in [-0.2, -0.15) is 0 Å². The molecule has 0 aromatic carbocycles. The van der Waals surface area contributed by atoms with Gasteiger partial charge in [0.05, 0.1) is 25.4 Å². The summed E-state index contributed by atoms with van der Waals surface area (Å²) in [6.07, 6.45) is 83.8. The van der Waals surface area contributed by atoms with E-state index in [1.54, 1.807) is 6.08 Å². The van der Waals surface area contributed by atoms with E-state index in [4.69, 9.17) is 14.2 Å². The van der Waals surface area contributed by atoms with Gasteiger partial charge in [-0.1, -0.05) is 357 Å². The van der Waals surface area contributed by atoms with E-state index < -0.39 is 67.4 Å². The van der Waals surface area contributed by atoms with Gasteiger partial charge in [-0.05, 0) is 96.3 Å². The highest BCUT2D eigenvalue weighted by molar-refractivity contribution is 5.80. The van der Waals surface area contributed by atoms with E-state index in [2.05, 4.69) is 86.8 Å². The van der Waals surface area contributed by atoms with Crippen LogP contribution in [0.2, 0.25) is 0 Å². The number of aliphatic hydroxyl groups excluding tert-OH is 5. The fraction of sp³-hybridized carbons (Fsp3) is 0.833. The fourth-order valence-corrected chi connectivity index (χ4v) is 12.7. The van der Waals surface area contributed by atoms with E-state index in [1.807, 2.05) is 6.08 Å². The summed E-state index contributed by atoms with van der Waals surface area (Å²) in [7, 11) is 0. The lowest BCUT2D eigenvalue weighted by Crippen LogP contribution is -2.61. The van der Waals surface area contributed by atoms with Gasteiger partial charge in [-0.15, -0.1) is 0 Å². The zero-order valence-electron chi connectivity index (χ0n) is 62.0. The minimum atomic E-state index is -1.62. The second-order valence-electron chi connectivity index (χ2n) is 28.1. The first-order valence-electron chi connectivity index (χ1n) is 40.7. The maximum atomic E-state index is 13.5. The molecule has 1 heterocycles. The molecule has 1 rings (SSSR count). The van der Waals surface area contributed by atoms with Crippen molar-refractivity contribution in [2.45, 2.75) is 436 Å². The van der Waals surface area contributed by atoms with E-state index in [1.165, 1.54) is 257 Å². The van der Waals surface area contributed by atoms with Crippen LogP contribution in [0.25, 0.3) is 0 Å². The molecular weight excluding hydrogens is 1180 g/mol. The number of carbonyl (C=O) groups is 2. The van der Waals surface area contributed by atoms with E-state index in [0.717, 1.165) is 83.5 Å². The smallest absolute Gasteiger partial charge is 0.306 e. The number of carbonyl (C=O) groups excluding carboxylic acids is 2. The van der Waals surface area contributed by atoms with Crippen molar-refractivity contribution in [3.8, 4) is 0 Å². The molecule has 0 aromatic rings. The molecule has 1 aliphatic heterocycles. The lowest BCUT2D eigenvalue weighted by Gasteiger charge is -2.41. The first kappa shape index (κ1) is 90.1. The predicted molar refractivity (Wildman–Crippen MR) is 403 cm³/mol. The van der Waals surface area contributed by atoms with Gasteiger partial charge in [-0.3, -0.25) is 9.59 Å². The summed E-state index contributed by atoms with van der Waals surface area (Å²) in [5.74, 6) is -1.18. The summed E-state index contributed by atoms with van der Waals surface area (Å²) in [6.45, 7) is 5.82. The van der Waals surface area contributed by atoms with Crippen molar-refractivity contribution in [3.63, 3.8) is 0 Å². The van der Waals surface area contributed by atoms with Gasteiger partial charge in [0.1, 0.15) is 24.4 Å². The van der Waals surface area contributed by atoms with Crippen molar-refractivity contribution < 1.29 is 49.3 Å².